The van der Waals surface area contributed by atoms with Crippen LogP contribution in [0.25, 0.3) is 6.08 Å². The molecule has 2 aromatic rings. The lowest BCUT2D eigenvalue weighted by molar-refractivity contribution is -0.138. The lowest BCUT2D eigenvalue weighted by Crippen LogP contribution is -2.03. The summed E-state index contributed by atoms with van der Waals surface area (Å²) in [4.78, 5) is 23.1. The highest BCUT2D eigenvalue weighted by molar-refractivity contribution is 5.89. The topological polar surface area (TPSA) is 82.1 Å². The van der Waals surface area contributed by atoms with Gasteiger partial charge in [0, 0.05) is 6.08 Å². The molecular weight excluding hydrogens is 324 g/mol. The molecule has 0 aliphatic rings. The molecule has 0 saturated carbocycles. The van der Waals surface area contributed by atoms with Crippen molar-refractivity contribution in [3.05, 3.63) is 65.2 Å². The van der Waals surface area contributed by atoms with Crippen LogP contribution in [0.4, 0.5) is 0 Å². The zero-order valence-corrected chi connectivity index (χ0v) is 13.9. The Balaban J connectivity index is 1.91. The van der Waals surface area contributed by atoms with Crippen molar-refractivity contribution in [1.82, 2.24) is 0 Å². The number of hydrogen-bond acceptors (Lipinski definition) is 6. The van der Waals surface area contributed by atoms with Crippen molar-refractivity contribution in [3.63, 3.8) is 0 Å². The van der Waals surface area contributed by atoms with Crippen LogP contribution in [-0.4, -0.2) is 31.3 Å². The van der Waals surface area contributed by atoms with Crippen molar-refractivity contribution in [2.24, 2.45) is 0 Å². The predicted molar refractivity (Wildman–Crippen MR) is 91.3 cm³/mol. The minimum absolute atomic E-state index is 0.0256. The number of phenols is 1. The summed E-state index contributed by atoms with van der Waals surface area (Å²) in [6.45, 7) is 0.0868. The van der Waals surface area contributed by atoms with Crippen molar-refractivity contribution in [2.45, 2.75) is 6.61 Å². The van der Waals surface area contributed by atoms with E-state index < -0.39 is 11.9 Å². The minimum Gasteiger partial charge on any atom is -0.504 e. The third kappa shape index (κ3) is 5.10. The van der Waals surface area contributed by atoms with Gasteiger partial charge in [-0.3, -0.25) is 0 Å². The summed E-state index contributed by atoms with van der Waals surface area (Å²) in [7, 11) is 2.76. The molecule has 0 spiro atoms. The summed E-state index contributed by atoms with van der Waals surface area (Å²) in [5, 5.41) is 9.52. The van der Waals surface area contributed by atoms with Crippen LogP contribution < -0.4 is 4.74 Å². The van der Waals surface area contributed by atoms with Gasteiger partial charge < -0.3 is 19.3 Å². The fourth-order valence-corrected chi connectivity index (χ4v) is 2.02. The van der Waals surface area contributed by atoms with Crippen molar-refractivity contribution in [1.29, 1.82) is 0 Å². The molecule has 130 valence electrons. The summed E-state index contributed by atoms with van der Waals surface area (Å²) < 4.78 is 14.7. The molecule has 0 aliphatic heterocycles. The van der Waals surface area contributed by atoms with Crippen molar-refractivity contribution >= 4 is 18.0 Å². The molecule has 0 heterocycles. The Morgan fingerprint density at radius 2 is 1.80 bits per heavy atom. The average molecular weight is 342 g/mol. The van der Waals surface area contributed by atoms with E-state index in [1.54, 1.807) is 42.5 Å². The maximum Gasteiger partial charge on any atom is 0.337 e. The van der Waals surface area contributed by atoms with E-state index in [1.165, 1.54) is 26.4 Å². The van der Waals surface area contributed by atoms with Gasteiger partial charge >= 0.3 is 11.9 Å². The fraction of sp³-hybridized carbons (Fsp3) is 0.158. The lowest BCUT2D eigenvalue weighted by Gasteiger charge is -2.05. The number of esters is 2. The number of carbonyl (C=O) groups excluding carboxylic acids is 2. The van der Waals surface area contributed by atoms with Gasteiger partial charge in [0.15, 0.2) is 11.5 Å². The van der Waals surface area contributed by atoms with Crippen LogP contribution in [0.15, 0.2) is 48.5 Å². The number of phenolic OH excluding ortho intramolecular Hbond substituents is 1. The van der Waals surface area contributed by atoms with E-state index in [9.17, 15) is 14.7 Å². The molecule has 0 aromatic heterocycles. The second-order valence-corrected chi connectivity index (χ2v) is 5.06. The Labute approximate surface area is 145 Å². The Hall–Kier alpha value is -3.28. The predicted octanol–water partition coefficient (Wildman–Crippen LogP) is 2.94. The number of rotatable bonds is 6. The van der Waals surface area contributed by atoms with Gasteiger partial charge in [0.2, 0.25) is 0 Å². The minimum atomic E-state index is -0.510. The zero-order chi connectivity index (χ0) is 18.2. The summed E-state index contributed by atoms with van der Waals surface area (Å²) in [5.74, 6) is -0.585. The Kier molecular flexibility index (Phi) is 6.17. The highest BCUT2D eigenvalue weighted by Gasteiger charge is 2.05. The van der Waals surface area contributed by atoms with Gasteiger partial charge in [-0.25, -0.2) is 9.59 Å². The third-order valence-electron chi connectivity index (χ3n) is 3.37. The Morgan fingerprint density at radius 1 is 1.08 bits per heavy atom. The molecule has 2 aromatic carbocycles. The van der Waals surface area contributed by atoms with Gasteiger partial charge in [0.25, 0.3) is 0 Å². The van der Waals surface area contributed by atoms with Crippen molar-refractivity contribution in [2.75, 3.05) is 14.2 Å². The molecule has 1 N–H and O–H groups in total. The fourth-order valence-electron chi connectivity index (χ4n) is 2.02. The molecule has 2 rings (SSSR count). The molecule has 6 heteroatoms. The van der Waals surface area contributed by atoms with E-state index in [-0.39, 0.29) is 12.4 Å². The van der Waals surface area contributed by atoms with Gasteiger partial charge in [-0.15, -0.1) is 0 Å². The first-order valence-corrected chi connectivity index (χ1v) is 7.42. The molecule has 25 heavy (non-hydrogen) atoms. The molecule has 0 radical (unpaired) electrons. The number of carbonyl (C=O) groups is 2. The monoisotopic (exact) mass is 342 g/mol. The normalized spacial score (nSPS) is 10.5. The van der Waals surface area contributed by atoms with Crippen LogP contribution in [0.3, 0.4) is 0 Å². The van der Waals surface area contributed by atoms with Gasteiger partial charge in [0.05, 0.1) is 19.8 Å². The number of methoxy groups -OCH3 is 2. The van der Waals surface area contributed by atoms with Crippen LogP contribution in [-0.2, 0) is 20.9 Å². The SMILES string of the molecule is COC(=O)c1ccc(COC(=O)C=Cc2ccc(O)c(OC)c2)cc1. The first-order chi connectivity index (χ1) is 12.0. The Bertz CT molecular complexity index is 777. The van der Waals surface area contributed by atoms with Gasteiger partial charge in [0.1, 0.15) is 6.61 Å². The second-order valence-electron chi connectivity index (χ2n) is 5.06. The van der Waals surface area contributed by atoms with Crippen LogP contribution in [0.5, 0.6) is 11.5 Å². The van der Waals surface area contributed by atoms with Crippen LogP contribution in [0.2, 0.25) is 0 Å². The maximum absolute atomic E-state index is 11.8. The molecular formula is C19H18O6. The molecule has 0 fully saturated rings. The molecule has 0 amide bonds. The lowest BCUT2D eigenvalue weighted by atomic mass is 10.1. The molecule has 0 unspecified atom stereocenters. The standard InChI is InChI=1S/C19H18O6/c1-23-17-11-13(5-9-16(17)20)6-10-18(21)25-12-14-3-7-15(8-4-14)19(22)24-2/h3-11,20H,12H2,1-2H3. The summed E-state index contributed by atoms with van der Waals surface area (Å²) in [5.41, 5.74) is 1.87. The first-order valence-electron chi connectivity index (χ1n) is 7.42. The molecule has 0 atom stereocenters. The molecule has 0 bridgehead atoms. The third-order valence-corrected chi connectivity index (χ3v) is 3.37. The van der Waals surface area contributed by atoms with Gasteiger partial charge in [-0.05, 0) is 41.5 Å². The van der Waals surface area contributed by atoms with E-state index in [0.717, 1.165) is 5.56 Å². The number of hydrogen-bond donors (Lipinski definition) is 1. The number of benzene rings is 2. The van der Waals surface area contributed by atoms with Gasteiger partial charge in [-0.1, -0.05) is 18.2 Å². The quantitative estimate of drug-likeness (QED) is 0.642. The van der Waals surface area contributed by atoms with E-state index in [4.69, 9.17) is 9.47 Å². The highest BCUT2D eigenvalue weighted by atomic mass is 16.5. The van der Waals surface area contributed by atoms with E-state index in [0.29, 0.717) is 16.9 Å². The second kappa shape index (κ2) is 8.54. The number of aromatic hydroxyl groups is 1. The van der Waals surface area contributed by atoms with E-state index in [2.05, 4.69) is 4.74 Å². The first kappa shape index (κ1) is 18.1. The van der Waals surface area contributed by atoms with Crippen LogP contribution in [0, 0.1) is 0 Å². The summed E-state index contributed by atoms with van der Waals surface area (Å²) >= 11 is 0. The van der Waals surface area contributed by atoms with E-state index in [1.807, 2.05) is 0 Å². The summed E-state index contributed by atoms with van der Waals surface area (Å²) in [6.07, 6.45) is 2.85. The molecule has 0 aliphatic carbocycles. The largest absolute Gasteiger partial charge is 0.504 e. The summed E-state index contributed by atoms with van der Waals surface area (Å²) in [6, 6.07) is 11.3. The van der Waals surface area contributed by atoms with Crippen LogP contribution >= 0.6 is 0 Å². The van der Waals surface area contributed by atoms with Crippen molar-refractivity contribution < 1.29 is 28.9 Å². The highest BCUT2D eigenvalue weighted by Crippen LogP contribution is 2.26. The molecule has 6 nitrogen and oxygen atoms in total. The van der Waals surface area contributed by atoms with Gasteiger partial charge in [-0.2, -0.15) is 0 Å². The zero-order valence-electron chi connectivity index (χ0n) is 13.9. The smallest absolute Gasteiger partial charge is 0.337 e. The van der Waals surface area contributed by atoms with Crippen LogP contribution in [0.1, 0.15) is 21.5 Å². The molecule has 0 saturated heterocycles. The van der Waals surface area contributed by atoms with Crippen molar-refractivity contribution in [3.8, 4) is 11.5 Å². The van der Waals surface area contributed by atoms with E-state index >= 15 is 0 Å². The maximum atomic E-state index is 11.8. The number of ether oxygens (including phenoxy) is 3. The Morgan fingerprint density at radius 3 is 2.44 bits per heavy atom. The average Bonchev–Trinajstić information content (AvgIpc) is 2.65.